The number of nitrogens with one attached hydrogen (secondary N) is 1. The Bertz CT molecular complexity index is 595. The first kappa shape index (κ1) is 17.2. The highest BCUT2D eigenvalue weighted by Gasteiger charge is 2.33. The number of carbonyl (C=O) groups is 1. The Hall–Kier alpha value is -1.16. The zero-order valence-corrected chi connectivity index (χ0v) is 15.0. The summed E-state index contributed by atoms with van der Waals surface area (Å²) in [5.74, 6) is 0.339. The number of halogens is 2. The smallest absolute Gasteiger partial charge is 0.160 e. The Morgan fingerprint density at radius 2 is 2.18 bits per heavy atom. The molecule has 1 fully saturated rings. The Balaban J connectivity index is 2.13. The molecule has 1 aliphatic carbocycles. The van der Waals surface area contributed by atoms with E-state index in [-0.39, 0.29) is 17.0 Å². The van der Waals surface area contributed by atoms with Crippen LogP contribution >= 0.6 is 15.9 Å². The van der Waals surface area contributed by atoms with Crippen molar-refractivity contribution in [1.82, 2.24) is 0 Å². The molecule has 2 nitrogen and oxygen atoms in total. The van der Waals surface area contributed by atoms with Gasteiger partial charge in [-0.3, -0.25) is 4.79 Å². The maximum absolute atomic E-state index is 13.8. The average Bonchev–Trinajstić information content (AvgIpc) is 2.47. The van der Waals surface area contributed by atoms with Gasteiger partial charge in [-0.2, -0.15) is 0 Å². The van der Waals surface area contributed by atoms with Crippen LogP contribution in [0.3, 0.4) is 0 Å². The SMILES string of the molecule is CCC(C)(C)[C@@H]1CCC(=O)/C(=C/Nc2ccc(Br)cc2F)C1. The largest absolute Gasteiger partial charge is 0.359 e. The van der Waals surface area contributed by atoms with Gasteiger partial charge >= 0.3 is 0 Å². The molecule has 1 N–H and O–H groups in total. The lowest BCUT2D eigenvalue weighted by Gasteiger charge is -2.36. The summed E-state index contributed by atoms with van der Waals surface area (Å²) in [6.07, 6.45) is 5.08. The van der Waals surface area contributed by atoms with Crippen LogP contribution in [0.25, 0.3) is 0 Å². The van der Waals surface area contributed by atoms with Crippen LogP contribution in [0.4, 0.5) is 10.1 Å². The lowest BCUT2D eigenvalue weighted by molar-refractivity contribution is -0.117. The molecule has 1 aromatic carbocycles. The van der Waals surface area contributed by atoms with Crippen molar-refractivity contribution in [3.63, 3.8) is 0 Å². The lowest BCUT2D eigenvalue weighted by Crippen LogP contribution is -2.29. The first-order valence-electron chi connectivity index (χ1n) is 7.77. The molecule has 1 aliphatic rings. The van der Waals surface area contributed by atoms with Crippen LogP contribution in [-0.4, -0.2) is 5.78 Å². The van der Waals surface area contributed by atoms with Gasteiger partial charge in [0.05, 0.1) is 5.69 Å². The minimum absolute atomic E-state index is 0.174. The van der Waals surface area contributed by atoms with E-state index >= 15 is 0 Å². The Kier molecular flexibility index (Phi) is 5.43. The molecule has 120 valence electrons. The molecule has 0 aliphatic heterocycles. The summed E-state index contributed by atoms with van der Waals surface area (Å²) in [4.78, 5) is 12.1. The molecule has 0 spiro atoms. The molecule has 4 heteroatoms. The zero-order chi connectivity index (χ0) is 16.3. The number of benzene rings is 1. The zero-order valence-electron chi connectivity index (χ0n) is 13.4. The van der Waals surface area contributed by atoms with Crippen molar-refractivity contribution >= 4 is 27.4 Å². The topological polar surface area (TPSA) is 29.1 Å². The van der Waals surface area contributed by atoms with Crippen molar-refractivity contribution in [2.45, 2.75) is 46.5 Å². The van der Waals surface area contributed by atoms with E-state index in [0.29, 0.717) is 22.5 Å². The molecule has 0 bridgehead atoms. The number of anilines is 1. The summed E-state index contributed by atoms with van der Waals surface area (Å²) in [5, 5.41) is 2.95. The van der Waals surface area contributed by atoms with E-state index in [0.717, 1.165) is 24.8 Å². The highest BCUT2D eigenvalue weighted by molar-refractivity contribution is 9.10. The predicted molar refractivity (Wildman–Crippen MR) is 92.2 cm³/mol. The van der Waals surface area contributed by atoms with E-state index in [1.165, 1.54) is 6.07 Å². The van der Waals surface area contributed by atoms with Crippen molar-refractivity contribution in [3.05, 3.63) is 40.3 Å². The third kappa shape index (κ3) is 3.97. The fraction of sp³-hybridized carbons (Fsp3) is 0.500. The minimum Gasteiger partial charge on any atom is -0.359 e. The first-order valence-corrected chi connectivity index (χ1v) is 8.56. The summed E-state index contributed by atoms with van der Waals surface area (Å²) < 4.78 is 14.5. The maximum atomic E-state index is 13.8. The number of ketones is 1. The molecule has 2 rings (SSSR count). The molecule has 1 aromatic rings. The van der Waals surface area contributed by atoms with Crippen molar-refractivity contribution < 1.29 is 9.18 Å². The second-order valence-electron chi connectivity index (χ2n) is 6.64. The van der Waals surface area contributed by atoms with Crippen LogP contribution in [-0.2, 0) is 4.79 Å². The van der Waals surface area contributed by atoms with Gasteiger partial charge in [0, 0.05) is 22.7 Å². The van der Waals surface area contributed by atoms with Gasteiger partial charge in [-0.1, -0.05) is 43.1 Å². The molecule has 0 unspecified atom stereocenters. The Morgan fingerprint density at radius 1 is 1.45 bits per heavy atom. The van der Waals surface area contributed by atoms with E-state index in [4.69, 9.17) is 0 Å². The number of Topliss-reactive ketones (excluding diaryl/α,β-unsaturated/α-hetero) is 1. The fourth-order valence-corrected chi connectivity index (χ4v) is 3.15. The molecular weight excluding hydrogens is 345 g/mol. The summed E-state index contributed by atoms with van der Waals surface area (Å²) in [5.41, 5.74) is 1.39. The molecule has 0 aromatic heterocycles. The molecular formula is C18H23BrFNO. The normalized spacial score (nSPS) is 21.2. The number of carbonyl (C=O) groups excluding carboxylic acids is 1. The summed E-state index contributed by atoms with van der Waals surface area (Å²) in [6, 6.07) is 4.85. The molecule has 22 heavy (non-hydrogen) atoms. The number of rotatable bonds is 4. The minimum atomic E-state index is -0.333. The van der Waals surface area contributed by atoms with Crippen LogP contribution < -0.4 is 5.32 Å². The number of allylic oxidation sites excluding steroid dienone is 1. The average molecular weight is 368 g/mol. The Morgan fingerprint density at radius 3 is 2.82 bits per heavy atom. The second-order valence-corrected chi connectivity index (χ2v) is 7.56. The van der Waals surface area contributed by atoms with Gasteiger partial charge in [-0.25, -0.2) is 4.39 Å². The summed E-state index contributed by atoms with van der Waals surface area (Å²) in [6.45, 7) is 6.70. The molecule has 0 heterocycles. The summed E-state index contributed by atoms with van der Waals surface area (Å²) in [7, 11) is 0. The van der Waals surface area contributed by atoms with E-state index in [1.54, 1.807) is 18.3 Å². The third-order valence-electron chi connectivity index (χ3n) is 4.89. The lowest BCUT2D eigenvalue weighted by atomic mass is 9.68. The van der Waals surface area contributed by atoms with Crippen molar-refractivity contribution in [3.8, 4) is 0 Å². The standard InChI is InChI=1S/C18H23BrFNO/c1-4-18(2,3)13-5-8-17(22)12(9-13)11-21-16-7-6-14(19)10-15(16)20/h6-7,10-11,13,21H,4-5,8-9H2,1-3H3/b12-11+/t13-/m1/s1. The van der Waals surface area contributed by atoms with E-state index in [1.807, 2.05) is 0 Å². The van der Waals surface area contributed by atoms with Crippen LogP contribution in [0.1, 0.15) is 46.5 Å². The highest BCUT2D eigenvalue weighted by Crippen LogP contribution is 2.41. The van der Waals surface area contributed by atoms with Gasteiger partial charge < -0.3 is 5.32 Å². The number of hydrogen-bond donors (Lipinski definition) is 1. The van der Waals surface area contributed by atoms with E-state index in [9.17, 15) is 9.18 Å². The van der Waals surface area contributed by atoms with Gasteiger partial charge in [0.1, 0.15) is 5.82 Å². The van der Waals surface area contributed by atoms with Crippen molar-refractivity contribution in [2.24, 2.45) is 11.3 Å². The van der Waals surface area contributed by atoms with Crippen molar-refractivity contribution in [1.29, 1.82) is 0 Å². The fourth-order valence-electron chi connectivity index (χ4n) is 2.81. The maximum Gasteiger partial charge on any atom is 0.160 e. The highest BCUT2D eigenvalue weighted by atomic mass is 79.9. The molecule has 0 amide bonds. The van der Waals surface area contributed by atoms with Gasteiger partial charge in [0.25, 0.3) is 0 Å². The van der Waals surface area contributed by atoms with Crippen LogP contribution in [0.2, 0.25) is 0 Å². The van der Waals surface area contributed by atoms with E-state index < -0.39 is 0 Å². The Labute approximate surface area is 140 Å². The monoisotopic (exact) mass is 367 g/mol. The molecule has 0 radical (unpaired) electrons. The van der Waals surface area contributed by atoms with Crippen molar-refractivity contribution in [2.75, 3.05) is 5.32 Å². The quantitative estimate of drug-likeness (QED) is 0.692. The van der Waals surface area contributed by atoms with Crippen LogP contribution in [0, 0.1) is 17.2 Å². The van der Waals surface area contributed by atoms with Crippen LogP contribution in [0.15, 0.2) is 34.4 Å². The van der Waals surface area contributed by atoms with Gasteiger partial charge in [0.15, 0.2) is 5.78 Å². The van der Waals surface area contributed by atoms with E-state index in [2.05, 4.69) is 42.0 Å². The number of hydrogen-bond acceptors (Lipinski definition) is 2. The van der Waals surface area contributed by atoms with Gasteiger partial charge in [-0.05, 0) is 42.4 Å². The first-order chi connectivity index (χ1) is 10.3. The molecule has 0 saturated heterocycles. The summed E-state index contributed by atoms with van der Waals surface area (Å²) >= 11 is 3.23. The van der Waals surface area contributed by atoms with Gasteiger partial charge in [-0.15, -0.1) is 0 Å². The second kappa shape index (κ2) is 6.95. The predicted octanol–water partition coefficient (Wildman–Crippen LogP) is 5.69. The third-order valence-corrected chi connectivity index (χ3v) is 5.39. The molecule has 1 atom stereocenters. The van der Waals surface area contributed by atoms with Gasteiger partial charge in [0.2, 0.25) is 0 Å². The molecule has 1 saturated carbocycles. The van der Waals surface area contributed by atoms with Crippen LogP contribution in [0.5, 0.6) is 0 Å².